The SMILES string of the molecule is O=C(c1ccccc1)N1CC2(C1)CN(c1ccnc(CC3=NCNC3)n1)C2. The maximum absolute atomic E-state index is 12.5. The summed E-state index contributed by atoms with van der Waals surface area (Å²) in [5, 5.41) is 3.20. The molecule has 2 fully saturated rings. The molecule has 0 atom stereocenters. The molecule has 4 heterocycles. The van der Waals surface area contributed by atoms with Crippen molar-refractivity contribution in [3.05, 3.63) is 54.0 Å². The summed E-state index contributed by atoms with van der Waals surface area (Å²) in [6, 6.07) is 11.5. The summed E-state index contributed by atoms with van der Waals surface area (Å²) in [6.07, 6.45) is 2.54. The van der Waals surface area contributed by atoms with E-state index in [0.29, 0.717) is 13.1 Å². The van der Waals surface area contributed by atoms with E-state index in [4.69, 9.17) is 4.98 Å². The third-order valence-electron chi connectivity index (χ3n) is 5.53. The molecule has 27 heavy (non-hydrogen) atoms. The quantitative estimate of drug-likeness (QED) is 0.878. The van der Waals surface area contributed by atoms with Crippen LogP contribution in [-0.2, 0) is 6.42 Å². The Morgan fingerprint density at radius 3 is 2.67 bits per heavy atom. The summed E-state index contributed by atoms with van der Waals surface area (Å²) >= 11 is 0. The van der Waals surface area contributed by atoms with Crippen LogP contribution in [0.2, 0.25) is 0 Å². The third kappa shape index (κ3) is 3.08. The Morgan fingerprint density at radius 1 is 1.11 bits per heavy atom. The van der Waals surface area contributed by atoms with E-state index >= 15 is 0 Å². The summed E-state index contributed by atoms with van der Waals surface area (Å²) < 4.78 is 0. The van der Waals surface area contributed by atoms with Gasteiger partial charge in [0.15, 0.2) is 0 Å². The predicted molar refractivity (Wildman–Crippen MR) is 103 cm³/mol. The van der Waals surface area contributed by atoms with Crippen molar-refractivity contribution in [2.24, 2.45) is 10.4 Å². The lowest BCUT2D eigenvalue weighted by atomic mass is 9.72. The van der Waals surface area contributed by atoms with Crippen LogP contribution in [0.3, 0.4) is 0 Å². The molecule has 1 aromatic heterocycles. The number of aromatic nitrogens is 2. The molecule has 138 valence electrons. The molecule has 0 aliphatic carbocycles. The number of aliphatic imine (C=N–C) groups is 1. The second-order valence-electron chi connectivity index (χ2n) is 7.70. The van der Waals surface area contributed by atoms with Crippen LogP contribution in [0.25, 0.3) is 0 Å². The third-order valence-corrected chi connectivity index (χ3v) is 5.53. The minimum absolute atomic E-state index is 0.134. The standard InChI is InChI=1S/C20H22N6O/c27-19(15-4-2-1-3-5-15)26-12-20(13-26)10-25(11-20)18-6-7-22-17(24-18)8-16-9-21-14-23-16/h1-7,21H,8-14H2. The normalized spacial score (nSPS) is 20.2. The van der Waals surface area contributed by atoms with Crippen LogP contribution >= 0.6 is 0 Å². The first kappa shape index (κ1) is 16.4. The lowest BCUT2D eigenvalue weighted by Crippen LogP contribution is -2.73. The Morgan fingerprint density at radius 2 is 1.93 bits per heavy atom. The molecule has 1 N–H and O–H groups in total. The fraction of sp³-hybridized carbons (Fsp3) is 0.400. The molecule has 7 nitrogen and oxygen atoms in total. The van der Waals surface area contributed by atoms with E-state index in [1.165, 1.54) is 0 Å². The summed E-state index contributed by atoms with van der Waals surface area (Å²) in [7, 11) is 0. The monoisotopic (exact) mass is 362 g/mol. The summed E-state index contributed by atoms with van der Waals surface area (Å²) in [4.78, 5) is 30.2. The van der Waals surface area contributed by atoms with Gasteiger partial charge in [0.1, 0.15) is 11.6 Å². The number of hydrogen-bond donors (Lipinski definition) is 1. The number of carbonyl (C=O) groups excluding carboxylic acids is 1. The fourth-order valence-electron chi connectivity index (χ4n) is 4.17. The zero-order valence-corrected chi connectivity index (χ0v) is 15.1. The van der Waals surface area contributed by atoms with Crippen LogP contribution in [0.1, 0.15) is 16.2 Å². The van der Waals surface area contributed by atoms with Gasteiger partial charge in [-0.1, -0.05) is 18.2 Å². The Balaban J connectivity index is 1.18. The molecule has 5 rings (SSSR count). The van der Waals surface area contributed by atoms with Crippen LogP contribution in [-0.4, -0.2) is 65.9 Å². The van der Waals surface area contributed by atoms with E-state index in [2.05, 4.69) is 20.2 Å². The average Bonchev–Trinajstić information content (AvgIpc) is 3.13. The zero-order chi connectivity index (χ0) is 18.3. The Kier molecular flexibility index (Phi) is 3.89. The van der Waals surface area contributed by atoms with Crippen LogP contribution < -0.4 is 10.2 Å². The van der Waals surface area contributed by atoms with Crippen molar-refractivity contribution >= 4 is 17.4 Å². The molecular formula is C20H22N6O. The first-order valence-corrected chi connectivity index (χ1v) is 9.35. The van der Waals surface area contributed by atoms with Gasteiger partial charge in [-0.05, 0) is 18.2 Å². The van der Waals surface area contributed by atoms with Crippen molar-refractivity contribution in [2.45, 2.75) is 6.42 Å². The lowest BCUT2D eigenvalue weighted by Gasteiger charge is -2.60. The van der Waals surface area contributed by atoms with Gasteiger partial charge in [0, 0.05) is 62.0 Å². The number of hydrogen-bond acceptors (Lipinski definition) is 6. The molecule has 0 radical (unpaired) electrons. The van der Waals surface area contributed by atoms with Gasteiger partial charge in [-0.25, -0.2) is 9.97 Å². The number of benzene rings is 1. The van der Waals surface area contributed by atoms with Gasteiger partial charge in [0.2, 0.25) is 0 Å². The van der Waals surface area contributed by atoms with Crippen molar-refractivity contribution in [3.8, 4) is 0 Å². The molecule has 3 aliphatic heterocycles. The summed E-state index contributed by atoms with van der Waals surface area (Å²) in [6.45, 7) is 5.08. The Labute approximate surface area is 158 Å². The highest BCUT2D eigenvalue weighted by Crippen LogP contribution is 2.41. The predicted octanol–water partition coefficient (Wildman–Crippen LogP) is 0.983. The van der Waals surface area contributed by atoms with Crippen LogP contribution in [0.4, 0.5) is 5.82 Å². The van der Waals surface area contributed by atoms with Gasteiger partial charge in [0.05, 0.1) is 6.67 Å². The van der Waals surface area contributed by atoms with Gasteiger partial charge in [-0.3, -0.25) is 15.1 Å². The first-order valence-electron chi connectivity index (χ1n) is 9.35. The molecule has 0 bridgehead atoms. The highest BCUT2D eigenvalue weighted by Gasteiger charge is 2.53. The van der Waals surface area contributed by atoms with Crippen molar-refractivity contribution in [3.63, 3.8) is 0 Å². The zero-order valence-electron chi connectivity index (χ0n) is 15.1. The number of rotatable bonds is 4. The molecular weight excluding hydrogens is 340 g/mol. The molecule has 2 saturated heterocycles. The van der Waals surface area contributed by atoms with Gasteiger partial charge in [-0.2, -0.15) is 0 Å². The molecule has 0 unspecified atom stereocenters. The number of anilines is 1. The Bertz CT molecular complexity index is 882. The van der Waals surface area contributed by atoms with Crippen molar-refractivity contribution in [2.75, 3.05) is 44.3 Å². The van der Waals surface area contributed by atoms with E-state index in [1.54, 1.807) is 0 Å². The van der Waals surface area contributed by atoms with Gasteiger partial charge in [0.25, 0.3) is 5.91 Å². The fourth-order valence-corrected chi connectivity index (χ4v) is 4.17. The Hall–Kier alpha value is -2.80. The second-order valence-corrected chi connectivity index (χ2v) is 7.70. The summed E-state index contributed by atoms with van der Waals surface area (Å²) in [5.41, 5.74) is 2.12. The smallest absolute Gasteiger partial charge is 0.253 e. The van der Waals surface area contributed by atoms with E-state index in [0.717, 1.165) is 55.6 Å². The highest BCUT2D eigenvalue weighted by atomic mass is 16.2. The molecule has 1 aromatic carbocycles. The van der Waals surface area contributed by atoms with Gasteiger partial charge < -0.3 is 9.80 Å². The van der Waals surface area contributed by atoms with Crippen molar-refractivity contribution in [1.29, 1.82) is 0 Å². The largest absolute Gasteiger partial charge is 0.355 e. The number of amides is 1. The minimum atomic E-state index is 0.134. The molecule has 7 heteroatoms. The highest BCUT2D eigenvalue weighted by molar-refractivity contribution is 5.95. The van der Waals surface area contributed by atoms with E-state index in [-0.39, 0.29) is 11.3 Å². The molecule has 0 saturated carbocycles. The molecule has 1 spiro atoms. The number of nitrogens with zero attached hydrogens (tertiary/aromatic N) is 5. The van der Waals surface area contributed by atoms with Gasteiger partial charge >= 0.3 is 0 Å². The number of nitrogens with one attached hydrogen (secondary N) is 1. The second kappa shape index (κ2) is 6.42. The first-order chi connectivity index (χ1) is 13.2. The van der Waals surface area contributed by atoms with Crippen LogP contribution in [0.15, 0.2) is 47.6 Å². The van der Waals surface area contributed by atoms with Crippen LogP contribution in [0.5, 0.6) is 0 Å². The maximum atomic E-state index is 12.5. The van der Waals surface area contributed by atoms with Crippen molar-refractivity contribution < 1.29 is 4.79 Å². The van der Waals surface area contributed by atoms with Crippen LogP contribution in [0, 0.1) is 5.41 Å². The molecule has 1 amide bonds. The van der Waals surface area contributed by atoms with E-state index in [1.807, 2.05) is 47.5 Å². The minimum Gasteiger partial charge on any atom is -0.355 e. The van der Waals surface area contributed by atoms with Gasteiger partial charge in [-0.15, -0.1) is 0 Å². The number of carbonyl (C=O) groups is 1. The number of likely N-dealkylation sites (tertiary alicyclic amines) is 1. The lowest BCUT2D eigenvalue weighted by molar-refractivity contribution is -0.0107. The summed E-state index contributed by atoms with van der Waals surface area (Å²) in [5.74, 6) is 1.94. The molecule has 2 aromatic rings. The average molecular weight is 362 g/mol. The van der Waals surface area contributed by atoms with E-state index < -0.39 is 0 Å². The molecule has 3 aliphatic rings. The van der Waals surface area contributed by atoms with Crippen molar-refractivity contribution in [1.82, 2.24) is 20.2 Å². The topological polar surface area (TPSA) is 73.7 Å². The maximum Gasteiger partial charge on any atom is 0.253 e. The van der Waals surface area contributed by atoms with E-state index in [9.17, 15) is 4.79 Å².